The highest BCUT2D eigenvalue weighted by Gasteiger charge is 2.62. The van der Waals surface area contributed by atoms with Gasteiger partial charge >= 0.3 is 0 Å². The topological polar surface area (TPSA) is 96.2 Å². The molecule has 120 valence electrons. The van der Waals surface area contributed by atoms with Crippen molar-refractivity contribution in [2.24, 2.45) is 0 Å². The Hall–Kier alpha value is -2.31. The molecule has 6 nitrogen and oxygen atoms in total. The van der Waals surface area contributed by atoms with Crippen molar-refractivity contribution in [2.45, 2.75) is 23.5 Å². The lowest BCUT2D eigenvalue weighted by molar-refractivity contribution is -0.182. The van der Waals surface area contributed by atoms with Crippen LogP contribution in [0, 0.1) is 0 Å². The highest BCUT2D eigenvalue weighted by molar-refractivity contribution is 6.01. The van der Waals surface area contributed by atoms with Crippen LogP contribution in [0.25, 0.3) is 0 Å². The summed E-state index contributed by atoms with van der Waals surface area (Å²) in [5.74, 6) is -0.345. The van der Waals surface area contributed by atoms with Crippen LogP contribution in [-0.4, -0.2) is 46.5 Å². The summed E-state index contributed by atoms with van der Waals surface area (Å²) >= 11 is 0. The molecular weight excluding hydrogens is 300 g/mol. The SMILES string of the molecule is COC1C2(O)COC3=CC(=O)C=CC31c1cc(O)c(O)cc1C2. The number of aromatic hydroxyl groups is 2. The Morgan fingerprint density at radius 1 is 1.30 bits per heavy atom. The van der Waals surface area contributed by atoms with E-state index in [0.717, 1.165) is 0 Å². The number of hydrogen-bond acceptors (Lipinski definition) is 6. The lowest BCUT2D eigenvalue weighted by atomic mass is 9.58. The predicted octanol–water partition coefficient (Wildman–Crippen LogP) is 0.691. The third kappa shape index (κ3) is 1.67. The van der Waals surface area contributed by atoms with E-state index in [2.05, 4.69) is 0 Å². The number of rotatable bonds is 1. The van der Waals surface area contributed by atoms with E-state index in [1.807, 2.05) is 0 Å². The second-order valence-electron chi connectivity index (χ2n) is 6.30. The fourth-order valence-electron chi connectivity index (χ4n) is 4.07. The summed E-state index contributed by atoms with van der Waals surface area (Å²) in [6.07, 6.45) is 3.98. The molecule has 1 heterocycles. The van der Waals surface area contributed by atoms with Crippen molar-refractivity contribution >= 4 is 5.78 Å². The Morgan fingerprint density at radius 2 is 2.04 bits per heavy atom. The number of phenols is 2. The van der Waals surface area contributed by atoms with E-state index in [1.165, 1.54) is 31.4 Å². The van der Waals surface area contributed by atoms with Gasteiger partial charge in [-0.1, -0.05) is 6.08 Å². The average Bonchev–Trinajstić information content (AvgIpc) is 2.50. The summed E-state index contributed by atoms with van der Waals surface area (Å²) in [5, 5.41) is 30.8. The number of benzene rings is 1. The number of hydrogen-bond donors (Lipinski definition) is 3. The van der Waals surface area contributed by atoms with Gasteiger partial charge in [0.25, 0.3) is 0 Å². The fourth-order valence-corrected chi connectivity index (χ4v) is 4.07. The van der Waals surface area contributed by atoms with Crippen molar-refractivity contribution in [1.82, 2.24) is 0 Å². The van der Waals surface area contributed by atoms with E-state index < -0.39 is 17.1 Å². The molecule has 1 spiro atoms. The molecule has 0 amide bonds. The second kappa shape index (κ2) is 4.37. The molecule has 6 heteroatoms. The van der Waals surface area contributed by atoms with Gasteiger partial charge in [0.05, 0.1) is 0 Å². The molecule has 3 N–H and O–H groups in total. The van der Waals surface area contributed by atoms with Crippen LogP contribution in [0.15, 0.2) is 36.1 Å². The normalized spacial score (nSPS) is 34.3. The Bertz CT molecular complexity index is 780. The number of ketones is 1. The third-order valence-electron chi connectivity index (χ3n) is 4.95. The minimum atomic E-state index is -1.30. The quantitative estimate of drug-likeness (QED) is 0.660. The molecule has 0 radical (unpaired) electrons. The first-order valence-corrected chi connectivity index (χ1v) is 7.29. The molecule has 2 bridgehead atoms. The van der Waals surface area contributed by atoms with Gasteiger partial charge in [-0.25, -0.2) is 0 Å². The van der Waals surface area contributed by atoms with Crippen molar-refractivity contribution in [3.8, 4) is 11.5 Å². The fraction of sp³-hybridized carbons (Fsp3) is 0.353. The predicted molar refractivity (Wildman–Crippen MR) is 79.1 cm³/mol. The number of carbonyl (C=O) groups excluding carboxylic acids is 1. The van der Waals surface area contributed by atoms with Crippen LogP contribution in [0.4, 0.5) is 0 Å². The summed E-state index contributed by atoms with van der Waals surface area (Å²) in [4.78, 5) is 11.7. The number of allylic oxidation sites excluding steroid dienone is 2. The Morgan fingerprint density at radius 3 is 2.78 bits per heavy atom. The van der Waals surface area contributed by atoms with Crippen molar-refractivity contribution in [1.29, 1.82) is 0 Å². The van der Waals surface area contributed by atoms with Gasteiger partial charge < -0.3 is 24.8 Å². The highest BCUT2D eigenvalue weighted by atomic mass is 16.5. The van der Waals surface area contributed by atoms with Crippen LogP contribution in [0.1, 0.15) is 11.1 Å². The first-order chi connectivity index (χ1) is 10.9. The molecule has 3 unspecified atom stereocenters. The largest absolute Gasteiger partial charge is 0.504 e. The minimum absolute atomic E-state index is 0.0126. The van der Waals surface area contributed by atoms with Gasteiger partial charge in [0.2, 0.25) is 0 Å². The minimum Gasteiger partial charge on any atom is -0.504 e. The molecule has 1 aliphatic heterocycles. The zero-order valence-corrected chi connectivity index (χ0v) is 12.4. The van der Waals surface area contributed by atoms with Gasteiger partial charge in [0.1, 0.15) is 29.5 Å². The molecule has 1 aromatic carbocycles. The van der Waals surface area contributed by atoms with Crippen LogP contribution in [0.3, 0.4) is 0 Å². The molecule has 3 aliphatic rings. The monoisotopic (exact) mass is 316 g/mol. The van der Waals surface area contributed by atoms with E-state index in [1.54, 1.807) is 6.08 Å². The molecule has 4 rings (SSSR count). The summed E-state index contributed by atoms with van der Waals surface area (Å²) in [6.45, 7) is -0.0126. The van der Waals surface area contributed by atoms with Gasteiger partial charge in [-0.05, 0) is 29.3 Å². The van der Waals surface area contributed by atoms with Gasteiger partial charge in [0, 0.05) is 19.6 Å². The molecule has 1 saturated heterocycles. The number of aliphatic hydroxyl groups is 1. The molecule has 0 aromatic heterocycles. The number of methoxy groups -OCH3 is 1. The second-order valence-corrected chi connectivity index (χ2v) is 6.30. The van der Waals surface area contributed by atoms with E-state index in [0.29, 0.717) is 16.9 Å². The smallest absolute Gasteiger partial charge is 0.181 e. The summed E-state index contributed by atoms with van der Waals surface area (Å²) in [7, 11) is 1.50. The number of ether oxygens (including phenoxy) is 2. The maximum absolute atomic E-state index is 11.7. The molecule has 1 aromatic rings. The van der Waals surface area contributed by atoms with Crippen molar-refractivity contribution in [2.75, 3.05) is 13.7 Å². The third-order valence-corrected chi connectivity index (χ3v) is 4.95. The summed E-state index contributed by atoms with van der Waals surface area (Å²) in [6, 6.07) is 2.88. The Balaban J connectivity index is 2.06. The summed E-state index contributed by atoms with van der Waals surface area (Å²) < 4.78 is 11.3. The molecule has 3 atom stereocenters. The van der Waals surface area contributed by atoms with E-state index in [-0.39, 0.29) is 30.3 Å². The first-order valence-electron chi connectivity index (χ1n) is 7.29. The van der Waals surface area contributed by atoms with Crippen molar-refractivity contribution < 1.29 is 29.6 Å². The molecule has 1 fully saturated rings. The first kappa shape index (κ1) is 14.3. The van der Waals surface area contributed by atoms with Crippen LogP contribution >= 0.6 is 0 Å². The lowest BCUT2D eigenvalue weighted by Gasteiger charge is -2.55. The van der Waals surface area contributed by atoms with Gasteiger partial charge in [0.15, 0.2) is 17.3 Å². The summed E-state index contributed by atoms with van der Waals surface area (Å²) in [5.41, 5.74) is -0.968. The van der Waals surface area contributed by atoms with E-state index >= 15 is 0 Å². The van der Waals surface area contributed by atoms with Crippen LogP contribution in [0.2, 0.25) is 0 Å². The lowest BCUT2D eigenvalue weighted by Crippen LogP contribution is -2.66. The van der Waals surface area contributed by atoms with Gasteiger partial charge in [-0.2, -0.15) is 0 Å². The average molecular weight is 316 g/mol. The van der Waals surface area contributed by atoms with Gasteiger partial charge in [-0.15, -0.1) is 0 Å². The molecule has 23 heavy (non-hydrogen) atoms. The Kier molecular flexibility index (Phi) is 2.71. The van der Waals surface area contributed by atoms with Crippen molar-refractivity contribution in [3.63, 3.8) is 0 Å². The van der Waals surface area contributed by atoms with Crippen LogP contribution < -0.4 is 0 Å². The standard InChI is InChI=1S/C17H16O6/c1-22-15-16(21)7-9-4-12(19)13(20)6-11(9)17(15)3-2-10(18)5-14(17)23-8-16/h2-6,15,19-21H,7-8H2,1H3. The van der Waals surface area contributed by atoms with Crippen molar-refractivity contribution in [3.05, 3.63) is 47.2 Å². The molecular formula is C17H16O6. The van der Waals surface area contributed by atoms with E-state index in [9.17, 15) is 20.1 Å². The van der Waals surface area contributed by atoms with Gasteiger partial charge in [-0.3, -0.25) is 4.79 Å². The molecule has 0 saturated carbocycles. The zero-order chi connectivity index (χ0) is 16.4. The maximum Gasteiger partial charge on any atom is 0.181 e. The highest BCUT2D eigenvalue weighted by Crippen LogP contribution is 2.55. The molecule has 2 aliphatic carbocycles. The number of fused-ring (bicyclic) bond motifs is 2. The van der Waals surface area contributed by atoms with Crippen LogP contribution in [-0.2, 0) is 26.1 Å². The zero-order valence-electron chi connectivity index (χ0n) is 12.4. The number of phenolic OH excluding ortho intramolecular Hbond substituents is 2. The Labute approximate surface area is 132 Å². The number of carbonyl (C=O) groups is 1. The van der Waals surface area contributed by atoms with Crippen LogP contribution in [0.5, 0.6) is 11.5 Å². The maximum atomic E-state index is 11.7. The van der Waals surface area contributed by atoms with E-state index in [4.69, 9.17) is 9.47 Å².